The highest BCUT2D eigenvalue weighted by molar-refractivity contribution is 7.79. The van der Waals surface area contributed by atoms with Gasteiger partial charge in [-0.3, -0.25) is 14.6 Å². The molecule has 2 amide bonds. The normalized spacial score (nSPS) is 18.0. The summed E-state index contributed by atoms with van der Waals surface area (Å²) in [7, 11) is 1.50. The number of rotatable bonds is 4. The fourth-order valence-electron chi connectivity index (χ4n) is 4.33. The summed E-state index contributed by atoms with van der Waals surface area (Å²) in [6.45, 7) is 1.74. The van der Waals surface area contributed by atoms with E-state index in [9.17, 15) is 14.7 Å². The van der Waals surface area contributed by atoms with Crippen LogP contribution < -0.4 is 9.80 Å². The lowest BCUT2D eigenvalue weighted by Gasteiger charge is -2.36. The molecular weight excluding hydrogens is 511 g/mol. The Labute approximate surface area is 216 Å². The van der Waals surface area contributed by atoms with Gasteiger partial charge in [-0.25, -0.2) is 9.18 Å². The van der Waals surface area contributed by atoms with Gasteiger partial charge < -0.3 is 24.1 Å². The zero-order chi connectivity index (χ0) is 25.6. The second kappa shape index (κ2) is 9.47. The topological polar surface area (TPSA) is 89.7 Å². The number of likely N-dealkylation sites (N-methyl/N-ethyl adjacent to an activating group) is 1. The fraction of sp³-hybridized carbons (Fsp3) is 0.292. The highest BCUT2D eigenvalue weighted by atomic mass is 35.5. The smallest absolute Gasteiger partial charge is 0.416 e. The molecule has 2 fully saturated rings. The summed E-state index contributed by atoms with van der Waals surface area (Å²) >= 11 is 10.7. The van der Waals surface area contributed by atoms with Crippen molar-refractivity contribution in [3.05, 3.63) is 59.1 Å². The third kappa shape index (κ3) is 4.51. The van der Waals surface area contributed by atoms with Crippen molar-refractivity contribution in [3.63, 3.8) is 0 Å². The summed E-state index contributed by atoms with van der Waals surface area (Å²) in [5.74, 6) is -0.490. The molecule has 2 saturated heterocycles. The van der Waals surface area contributed by atoms with Crippen LogP contribution >= 0.6 is 23.8 Å². The van der Waals surface area contributed by atoms with Gasteiger partial charge in [-0.1, -0.05) is 11.6 Å². The van der Waals surface area contributed by atoms with Crippen LogP contribution in [0.4, 0.5) is 20.6 Å². The third-order valence-electron chi connectivity index (χ3n) is 6.37. The van der Waals surface area contributed by atoms with Crippen LogP contribution in [0.2, 0.25) is 5.02 Å². The quantitative estimate of drug-likeness (QED) is 0.499. The van der Waals surface area contributed by atoms with Crippen molar-refractivity contribution in [2.45, 2.75) is 6.23 Å². The highest BCUT2D eigenvalue weighted by Crippen LogP contribution is 2.30. The SMILES string of the molecule is CN(C(O)=S)C1CN(c2ccc(N3CCN(C(=O)c4cc5cc(Cl)ccc5o4)CC3)c(F)c2)C(=O)O1. The second-order valence-electron chi connectivity index (χ2n) is 8.55. The molecule has 1 unspecified atom stereocenters. The van der Waals surface area contributed by atoms with Crippen LogP contribution in [0, 0.1) is 5.82 Å². The zero-order valence-corrected chi connectivity index (χ0v) is 20.8. The molecule has 12 heteroatoms. The number of piperazine rings is 1. The van der Waals surface area contributed by atoms with Gasteiger partial charge in [0.1, 0.15) is 11.4 Å². The number of aliphatic hydroxyl groups is 1. The number of ether oxygens (including phenoxy) is 1. The number of hydrogen-bond donors (Lipinski definition) is 1. The summed E-state index contributed by atoms with van der Waals surface area (Å²) in [6.07, 6.45) is -1.43. The first-order valence-corrected chi connectivity index (χ1v) is 12.0. The van der Waals surface area contributed by atoms with Crippen molar-refractivity contribution in [1.29, 1.82) is 0 Å². The van der Waals surface area contributed by atoms with Crippen LogP contribution in [0.15, 0.2) is 46.9 Å². The van der Waals surface area contributed by atoms with Gasteiger partial charge in [0.25, 0.3) is 11.1 Å². The molecule has 0 aliphatic carbocycles. The number of nitrogens with zero attached hydrogens (tertiary/aromatic N) is 4. The van der Waals surface area contributed by atoms with Crippen molar-refractivity contribution < 1.29 is 28.2 Å². The van der Waals surface area contributed by atoms with Crippen molar-refractivity contribution in [1.82, 2.24) is 9.80 Å². The van der Waals surface area contributed by atoms with Gasteiger partial charge in [-0.05, 0) is 54.7 Å². The standard InChI is InChI=1S/C24H22ClFN4O5S/c1-27(24(33)36)21-13-30(23(32)35-21)16-3-4-18(17(26)12-16)28-6-8-29(9-7-28)22(31)20-11-14-10-15(25)2-5-19(14)34-20/h2-5,10-12,21H,6-9,13H2,1H3,(H,33,36). The molecule has 3 heterocycles. The summed E-state index contributed by atoms with van der Waals surface area (Å²) in [6, 6.07) is 11.3. The number of thiocarbonyl (C=S) groups is 1. The number of furan rings is 1. The third-order valence-corrected chi connectivity index (χ3v) is 6.89. The Morgan fingerprint density at radius 2 is 1.92 bits per heavy atom. The van der Waals surface area contributed by atoms with Crippen LogP contribution in [0.25, 0.3) is 11.0 Å². The average molecular weight is 533 g/mol. The van der Waals surface area contributed by atoms with Crippen LogP contribution in [0.1, 0.15) is 10.6 Å². The number of carbonyl (C=O) groups excluding carboxylic acids is 2. The maximum Gasteiger partial charge on any atom is 0.416 e. The molecule has 2 aliphatic heterocycles. The number of benzene rings is 2. The molecule has 0 saturated carbocycles. The summed E-state index contributed by atoms with van der Waals surface area (Å²) in [5, 5.41) is 10.4. The van der Waals surface area contributed by atoms with Gasteiger partial charge in [0.05, 0.1) is 17.9 Å². The van der Waals surface area contributed by atoms with Crippen LogP contribution in [0.3, 0.4) is 0 Å². The molecule has 188 valence electrons. The number of amides is 2. The zero-order valence-electron chi connectivity index (χ0n) is 19.2. The molecule has 2 aromatic carbocycles. The van der Waals surface area contributed by atoms with E-state index in [1.165, 1.54) is 22.9 Å². The average Bonchev–Trinajstić information content (AvgIpc) is 3.46. The van der Waals surface area contributed by atoms with Gasteiger partial charge in [-0.2, -0.15) is 0 Å². The van der Waals surface area contributed by atoms with Gasteiger partial charge in [0.2, 0.25) is 0 Å². The maximum atomic E-state index is 15.1. The second-order valence-corrected chi connectivity index (χ2v) is 9.35. The largest absolute Gasteiger partial charge is 0.486 e. The van der Waals surface area contributed by atoms with Gasteiger partial charge in [0.15, 0.2) is 12.0 Å². The number of fused-ring (bicyclic) bond motifs is 1. The van der Waals surface area contributed by atoms with Crippen LogP contribution in [0.5, 0.6) is 0 Å². The molecular formula is C24H22ClFN4O5S. The molecule has 0 bridgehead atoms. The Kier molecular flexibility index (Phi) is 6.35. The van der Waals surface area contributed by atoms with Gasteiger partial charge >= 0.3 is 6.09 Å². The van der Waals surface area contributed by atoms with E-state index in [4.69, 9.17) is 33.0 Å². The molecule has 0 radical (unpaired) electrons. The van der Waals surface area contributed by atoms with E-state index >= 15 is 4.39 Å². The van der Waals surface area contributed by atoms with Crippen LogP contribution in [-0.2, 0) is 4.74 Å². The number of aliphatic hydroxyl groups excluding tert-OH is 1. The molecule has 1 N–H and O–H groups in total. The maximum absolute atomic E-state index is 15.1. The summed E-state index contributed by atoms with van der Waals surface area (Å²) in [4.78, 5) is 31.3. The number of anilines is 2. The highest BCUT2D eigenvalue weighted by Gasteiger charge is 2.36. The fourth-order valence-corrected chi connectivity index (χ4v) is 4.63. The van der Waals surface area contributed by atoms with E-state index in [-0.39, 0.29) is 18.2 Å². The van der Waals surface area contributed by atoms with Crippen LogP contribution in [-0.4, -0.2) is 78.1 Å². The van der Waals surface area contributed by atoms with Crippen molar-refractivity contribution in [2.24, 2.45) is 0 Å². The van der Waals surface area contributed by atoms with Crippen molar-refractivity contribution in [2.75, 3.05) is 49.6 Å². The molecule has 2 aliphatic rings. The number of carbonyl (C=O) groups is 2. The minimum absolute atomic E-state index is 0.0869. The minimum atomic E-state index is -0.771. The van der Waals surface area contributed by atoms with Crippen molar-refractivity contribution >= 4 is 63.3 Å². The van der Waals surface area contributed by atoms with E-state index < -0.39 is 23.3 Å². The van der Waals surface area contributed by atoms with E-state index in [0.29, 0.717) is 48.2 Å². The Morgan fingerprint density at radius 1 is 1.17 bits per heavy atom. The lowest BCUT2D eigenvalue weighted by Crippen LogP contribution is -2.49. The van der Waals surface area contributed by atoms with Gasteiger partial charge in [0, 0.05) is 43.6 Å². The van der Waals surface area contributed by atoms with E-state index in [1.54, 1.807) is 41.3 Å². The number of halogens is 2. The molecule has 9 nitrogen and oxygen atoms in total. The predicted molar refractivity (Wildman–Crippen MR) is 136 cm³/mol. The Bertz CT molecular complexity index is 1360. The molecule has 1 aromatic heterocycles. The monoisotopic (exact) mass is 532 g/mol. The van der Waals surface area contributed by atoms with E-state index in [1.807, 2.05) is 4.90 Å². The number of hydrogen-bond acceptors (Lipinski definition) is 6. The van der Waals surface area contributed by atoms with Gasteiger partial charge in [-0.15, -0.1) is 0 Å². The molecule has 3 aromatic rings. The lowest BCUT2D eigenvalue weighted by molar-refractivity contribution is 0.0705. The summed E-state index contributed by atoms with van der Waals surface area (Å²) < 4.78 is 26.0. The summed E-state index contributed by atoms with van der Waals surface area (Å²) in [5.41, 5.74) is 1.30. The Morgan fingerprint density at radius 3 is 2.61 bits per heavy atom. The first-order valence-electron chi connectivity index (χ1n) is 11.2. The molecule has 36 heavy (non-hydrogen) atoms. The Balaban J connectivity index is 1.23. The number of cyclic esters (lactones) is 1. The Hall–Kier alpha value is -3.57. The first-order chi connectivity index (χ1) is 17.2. The first kappa shape index (κ1) is 24.1. The lowest BCUT2D eigenvalue weighted by atomic mass is 10.2. The van der Waals surface area contributed by atoms with E-state index in [0.717, 1.165) is 5.39 Å². The molecule has 1 atom stereocenters. The van der Waals surface area contributed by atoms with Crippen molar-refractivity contribution in [3.8, 4) is 0 Å². The molecule has 5 rings (SSSR count). The minimum Gasteiger partial charge on any atom is -0.486 e. The van der Waals surface area contributed by atoms with E-state index in [2.05, 4.69) is 0 Å². The molecule has 0 spiro atoms. The predicted octanol–water partition coefficient (Wildman–Crippen LogP) is 4.25.